The lowest BCUT2D eigenvalue weighted by Gasteiger charge is -2.34. The van der Waals surface area contributed by atoms with E-state index in [9.17, 15) is 9.59 Å². The third-order valence-corrected chi connectivity index (χ3v) is 6.17. The summed E-state index contributed by atoms with van der Waals surface area (Å²) in [6.07, 6.45) is 2.31. The number of hydrogen-bond donors (Lipinski definition) is 1. The Bertz CT molecular complexity index is 1060. The SMILES string of the molecule is CCC(C(=O)N1CCC(NC(=O)COc2ccc3ccccc3c2)CC1)c1ccccc1. The van der Waals surface area contributed by atoms with Crippen LogP contribution in [-0.2, 0) is 9.59 Å². The maximum Gasteiger partial charge on any atom is 0.258 e. The van der Waals surface area contributed by atoms with E-state index in [0.29, 0.717) is 18.8 Å². The van der Waals surface area contributed by atoms with Gasteiger partial charge in [0, 0.05) is 19.1 Å². The van der Waals surface area contributed by atoms with Gasteiger partial charge in [0.05, 0.1) is 5.92 Å². The minimum atomic E-state index is -0.126. The van der Waals surface area contributed by atoms with Crippen molar-refractivity contribution in [1.82, 2.24) is 10.2 Å². The quantitative estimate of drug-likeness (QED) is 0.600. The minimum absolute atomic E-state index is 0.0105. The number of rotatable bonds is 7. The molecule has 2 amide bonds. The Morgan fingerprint density at radius 2 is 1.66 bits per heavy atom. The van der Waals surface area contributed by atoms with Gasteiger partial charge < -0.3 is 15.0 Å². The van der Waals surface area contributed by atoms with E-state index >= 15 is 0 Å². The van der Waals surface area contributed by atoms with Crippen LogP contribution in [0.2, 0.25) is 0 Å². The second kappa shape index (κ2) is 10.3. The fourth-order valence-electron chi connectivity index (χ4n) is 4.38. The monoisotopic (exact) mass is 430 g/mol. The Labute approximate surface area is 189 Å². The summed E-state index contributed by atoms with van der Waals surface area (Å²) in [5, 5.41) is 5.29. The number of piperidine rings is 1. The van der Waals surface area contributed by atoms with Crippen molar-refractivity contribution in [3.63, 3.8) is 0 Å². The smallest absolute Gasteiger partial charge is 0.258 e. The number of amides is 2. The molecule has 1 saturated heterocycles. The van der Waals surface area contributed by atoms with Gasteiger partial charge in [-0.2, -0.15) is 0 Å². The molecule has 0 saturated carbocycles. The number of ether oxygens (including phenoxy) is 1. The summed E-state index contributed by atoms with van der Waals surface area (Å²) < 4.78 is 5.70. The Kier molecular flexibility index (Phi) is 7.05. The number of fused-ring (bicyclic) bond motifs is 1. The third-order valence-electron chi connectivity index (χ3n) is 6.17. The van der Waals surface area contributed by atoms with Crippen molar-refractivity contribution in [2.24, 2.45) is 0 Å². The first-order chi connectivity index (χ1) is 15.6. The van der Waals surface area contributed by atoms with Crippen LogP contribution in [0.1, 0.15) is 37.7 Å². The Morgan fingerprint density at radius 3 is 2.38 bits per heavy atom. The number of nitrogens with zero attached hydrogens (tertiary/aromatic N) is 1. The van der Waals surface area contributed by atoms with Gasteiger partial charge >= 0.3 is 0 Å². The normalized spacial score (nSPS) is 15.3. The van der Waals surface area contributed by atoms with E-state index < -0.39 is 0 Å². The fraction of sp³-hybridized carbons (Fsp3) is 0.333. The van der Waals surface area contributed by atoms with Gasteiger partial charge in [-0.05, 0) is 47.7 Å². The summed E-state index contributed by atoms with van der Waals surface area (Å²) in [7, 11) is 0. The fourth-order valence-corrected chi connectivity index (χ4v) is 4.38. The summed E-state index contributed by atoms with van der Waals surface area (Å²) >= 11 is 0. The predicted molar refractivity (Wildman–Crippen MR) is 127 cm³/mol. The molecule has 32 heavy (non-hydrogen) atoms. The maximum atomic E-state index is 13.0. The molecular formula is C27H30N2O3. The highest BCUT2D eigenvalue weighted by atomic mass is 16.5. The Morgan fingerprint density at radius 1 is 0.969 bits per heavy atom. The largest absolute Gasteiger partial charge is 0.484 e. The number of carbonyl (C=O) groups excluding carboxylic acids is 2. The van der Waals surface area contributed by atoms with Crippen LogP contribution >= 0.6 is 0 Å². The van der Waals surface area contributed by atoms with Gasteiger partial charge in [-0.25, -0.2) is 0 Å². The zero-order valence-corrected chi connectivity index (χ0v) is 18.5. The van der Waals surface area contributed by atoms with Crippen LogP contribution in [0.5, 0.6) is 5.75 Å². The van der Waals surface area contributed by atoms with E-state index in [2.05, 4.69) is 12.2 Å². The molecule has 1 aliphatic rings. The molecule has 0 bridgehead atoms. The molecule has 1 N–H and O–H groups in total. The van der Waals surface area contributed by atoms with Crippen LogP contribution in [0, 0.1) is 0 Å². The summed E-state index contributed by atoms with van der Waals surface area (Å²) in [6.45, 7) is 3.37. The van der Waals surface area contributed by atoms with E-state index in [1.165, 1.54) is 0 Å². The zero-order valence-electron chi connectivity index (χ0n) is 18.5. The molecule has 1 unspecified atom stereocenters. The first-order valence-electron chi connectivity index (χ1n) is 11.4. The first-order valence-corrected chi connectivity index (χ1v) is 11.4. The van der Waals surface area contributed by atoms with Gasteiger partial charge in [-0.15, -0.1) is 0 Å². The molecule has 1 fully saturated rings. The predicted octanol–water partition coefficient (Wildman–Crippen LogP) is 4.52. The van der Waals surface area contributed by atoms with Crippen molar-refractivity contribution in [1.29, 1.82) is 0 Å². The lowest BCUT2D eigenvalue weighted by Crippen LogP contribution is -2.48. The minimum Gasteiger partial charge on any atom is -0.484 e. The Hall–Kier alpha value is -3.34. The summed E-state index contributed by atoms with van der Waals surface area (Å²) in [5.74, 6) is 0.644. The molecule has 4 rings (SSSR count). The lowest BCUT2D eigenvalue weighted by atomic mass is 9.93. The topological polar surface area (TPSA) is 58.6 Å². The second-order valence-corrected chi connectivity index (χ2v) is 8.34. The number of carbonyl (C=O) groups is 2. The highest BCUT2D eigenvalue weighted by molar-refractivity contribution is 5.84. The maximum absolute atomic E-state index is 13.0. The molecule has 1 atom stereocenters. The third kappa shape index (κ3) is 5.28. The number of nitrogens with one attached hydrogen (secondary N) is 1. The average molecular weight is 431 g/mol. The highest BCUT2D eigenvalue weighted by Crippen LogP contribution is 2.24. The molecule has 0 aliphatic carbocycles. The van der Waals surface area contributed by atoms with Crippen molar-refractivity contribution < 1.29 is 14.3 Å². The molecule has 5 nitrogen and oxygen atoms in total. The second-order valence-electron chi connectivity index (χ2n) is 8.34. The molecule has 0 spiro atoms. The van der Waals surface area contributed by atoms with Gasteiger partial charge in [0.2, 0.25) is 5.91 Å². The van der Waals surface area contributed by atoms with Gasteiger partial charge in [-0.3, -0.25) is 9.59 Å². The molecule has 5 heteroatoms. The number of likely N-dealkylation sites (tertiary alicyclic amines) is 1. The van der Waals surface area contributed by atoms with Crippen LogP contribution in [0.3, 0.4) is 0 Å². The molecule has 0 radical (unpaired) electrons. The van der Waals surface area contributed by atoms with Crippen molar-refractivity contribution >= 4 is 22.6 Å². The van der Waals surface area contributed by atoms with E-state index in [4.69, 9.17) is 4.74 Å². The molecular weight excluding hydrogens is 400 g/mol. The van der Waals surface area contributed by atoms with Crippen molar-refractivity contribution in [2.45, 2.75) is 38.1 Å². The summed E-state index contributed by atoms with van der Waals surface area (Å²) in [6, 6.07) is 23.9. The van der Waals surface area contributed by atoms with Crippen LogP contribution in [-0.4, -0.2) is 42.5 Å². The molecule has 3 aromatic rings. The molecule has 1 heterocycles. The Balaban J connectivity index is 1.24. The van der Waals surface area contributed by atoms with E-state index in [1.54, 1.807) is 0 Å². The molecule has 0 aromatic heterocycles. The highest BCUT2D eigenvalue weighted by Gasteiger charge is 2.28. The van der Waals surface area contributed by atoms with Gasteiger partial charge in [0.1, 0.15) is 5.75 Å². The standard InChI is InChI=1S/C27H30N2O3/c1-2-25(21-9-4-3-5-10-21)27(31)29-16-14-23(15-17-29)28-26(30)19-32-24-13-12-20-8-6-7-11-22(20)18-24/h3-13,18,23,25H,2,14-17,19H2,1H3,(H,28,30). The lowest BCUT2D eigenvalue weighted by molar-refractivity contribution is -0.134. The summed E-state index contributed by atoms with van der Waals surface area (Å²) in [4.78, 5) is 27.4. The van der Waals surface area contributed by atoms with Crippen LogP contribution < -0.4 is 10.1 Å². The zero-order chi connectivity index (χ0) is 22.3. The number of benzene rings is 3. The van der Waals surface area contributed by atoms with Gasteiger partial charge in [-0.1, -0.05) is 67.6 Å². The van der Waals surface area contributed by atoms with Gasteiger partial charge in [0.25, 0.3) is 5.91 Å². The number of hydrogen-bond acceptors (Lipinski definition) is 3. The van der Waals surface area contributed by atoms with Crippen molar-refractivity contribution in [3.05, 3.63) is 78.4 Å². The van der Waals surface area contributed by atoms with Crippen LogP contribution in [0.4, 0.5) is 0 Å². The van der Waals surface area contributed by atoms with Gasteiger partial charge in [0.15, 0.2) is 6.61 Å². The molecule has 166 valence electrons. The first kappa shape index (κ1) is 21.9. The van der Waals surface area contributed by atoms with Crippen molar-refractivity contribution in [3.8, 4) is 5.75 Å². The van der Waals surface area contributed by atoms with E-state index in [0.717, 1.165) is 35.6 Å². The van der Waals surface area contributed by atoms with Crippen LogP contribution in [0.15, 0.2) is 72.8 Å². The molecule has 1 aliphatic heterocycles. The average Bonchev–Trinajstić information content (AvgIpc) is 2.84. The van der Waals surface area contributed by atoms with Crippen molar-refractivity contribution in [2.75, 3.05) is 19.7 Å². The van der Waals surface area contributed by atoms with Crippen LogP contribution in [0.25, 0.3) is 10.8 Å². The molecule has 3 aromatic carbocycles. The van der Waals surface area contributed by atoms with E-state index in [1.807, 2.05) is 77.7 Å². The van der Waals surface area contributed by atoms with E-state index in [-0.39, 0.29) is 30.4 Å². The summed E-state index contributed by atoms with van der Waals surface area (Å²) in [5.41, 5.74) is 1.07.